The summed E-state index contributed by atoms with van der Waals surface area (Å²) in [6.45, 7) is 4.89. The summed E-state index contributed by atoms with van der Waals surface area (Å²) in [5.74, 6) is 0.767. The van der Waals surface area contributed by atoms with Crippen LogP contribution < -0.4 is 15.4 Å². The number of ether oxygens (including phenoxy) is 2. The fourth-order valence-corrected chi connectivity index (χ4v) is 3.96. The second kappa shape index (κ2) is 11.8. The zero-order valence-electron chi connectivity index (χ0n) is 17.9. The van der Waals surface area contributed by atoms with E-state index < -0.39 is 0 Å². The SMILES string of the molecule is CCNCCOC.COc1ccc(S)cc1Nc1c[nH]c2nccc(-c3ccsc3)c12. The van der Waals surface area contributed by atoms with Crippen molar-refractivity contribution in [1.29, 1.82) is 0 Å². The molecule has 0 radical (unpaired) electrons. The number of hydrogen-bond acceptors (Lipinski definition) is 7. The van der Waals surface area contributed by atoms with Gasteiger partial charge in [0.1, 0.15) is 11.4 Å². The molecule has 0 saturated heterocycles. The van der Waals surface area contributed by atoms with Crippen LogP contribution >= 0.6 is 24.0 Å². The lowest BCUT2D eigenvalue weighted by Gasteiger charge is -2.12. The van der Waals surface area contributed by atoms with Gasteiger partial charge in [-0.2, -0.15) is 11.3 Å². The monoisotopic (exact) mass is 456 g/mol. The predicted octanol–water partition coefficient (Wildman–Crippen LogP) is 5.57. The minimum absolute atomic E-state index is 0.767. The maximum Gasteiger partial charge on any atom is 0.142 e. The van der Waals surface area contributed by atoms with Crippen molar-refractivity contribution in [2.75, 3.05) is 39.2 Å². The van der Waals surface area contributed by atoms with E-state index in [1.54, 1.807) is 25.6 Å². The first-order valence-corrected chi connectivity index (χ1v) is 11.4. The van der Waals surface area contributed by atoms with Gasteiger partial charge in [-0.1, -0.05) is 6.92 Å². The lowest BCUT2D eigenvalue weighted by Crippen LogP contribution is -2.17. The van der Waals surface area contributed by atoms with Crippen LogP contribution in [0.5, 0.6) is 5.75 Å². The van der Waals surface area contributed by atoms with E-state index in [-0.39, 0.29) is 0 Å². The summed E-state index contributed by atoms with van der Waals surface area (Å²) in [4.78, 5) is 8.54. The zero-order valence-corrected chi connectivity index (χ0v) is 19.6. The zero-order chi connectivity index (χ0) is 22.1. The van der Waals surface area contributed by atoms with Crippen LogP contribution in [0.15, 0.2) is 58.4 Å². The van der Waals surface area contributed by atoms with Crippen molar-refractivity contribution in [1.82, 2.24) is 15.3 Å². The smallest absolute Gasteiger partial charge is 0.142 e. The Morgan fingerprint density at radius 3 is 2.74 bits per heavy atom. The number of aromatic nitrogens is 2. The predicted molar refractivity (Wildman–Crippen MR) is 133 cm³/mol. The summed E-state index contributed by atoms with van der Waals surface area (Å²) in [6.07, 6.45) is 3.75. The Bertz CT molecular complexity index is 1080. The van der Waals surface area contributed by atoms with Gasteiger partial charge in [0.05, 0.1) is 30.5 Å². The lowest BCUT2D eigenvalue weighted by atomic mass is 10.1. The van der Waals surface area contributed by atoms with E-state index in [1.807, 2.05) is 36.7 Å². The Hall–Kier alpha value is -2.52. The van der Waals surface area contributed by atoms with Gasteiger partial charge in [-0.15, -0.1) is 12.6 Å². The molecular formula is C23H28N4O2S2. The highest BCUT2D eigenvalue weighted by molar-refractivity contribution is 7.80. The first kappa shape index (κ1) is 23.1. The third-order valence-corrected chi connectivity index (χ3v) is 5.55. The van der Waals surface area contributed by atoms with Crippen LogP contribution in [0.4, 0.5) is 11.4 Å². The van der Waals surface area contributed by atoms with Crippen molar-refractivity contribution in [3.63, 3.8) is 0 Å². The molecule has 164 valence electrons. The second-order valence-corrected chi connectivity index (χ2v) is 7.95. The van der Waals surface area contributed by atoms with Crippen LogP contribution in [-0.4, -0.2) is 43.9 Å². The van der Waals surface area contributed by atoms with Gasteiger partial charge in [0.2, 0.25) is 0 Å². The van der Waals surface area contributed by atoms with Crippen molar-refractivity contribution in [2.24, 2.45) is 0 Å². The number of methoxy groups -OCH3 is 2. The van der Waals surface area contributed by atoms with Crippen molar-refractivity contribution < 1.29 is 9.47 Å². The van der Waals surface area contributed by atoms with E-state index in [0.29, 0.717) is 0 Å². The molecule has 4 aromatic rings. The number of hydrogen-bond donors (Lipinski definition) is 4. The van der Waals surface area contributed by atoms with Crippen LogP contribution in [0.3, 0.4) is 0 Å². The summed E-state index contributed by atoms with van der Waals surface area (Å²) in [5, 5.41) is 11.8. The number of pyridine rings is 1. The molecule has 31 heavy (non-hydrogen) atoms. The molecule has 4 rings (SSSR count). The first-order valence-electron chi connectivity index (χ1n) is 10.00. The number of thiol groups is 1. The number of thiophene rings is 1. The molecular weight excluding hydrogens is 428 g/mol. The normalized spacial score (nSPS) is 10.6. The highest BCUT2D eigenvalue weighted by Crippen LogP contribution is 2.37. The fourth-order valence-electron chi connectivity index (χ4n) is 3.10. The number of rotatable bonds is 8. The Balaban J connectivity index is 0.000000339. The standard InChI is InChI=1S/C18H15N3OS2.C5H13NO/c1-22-16-3-2-12(23)8-14(16)21-15-9-20-18-17(15)13(4-6-19-18)11-5-7-24-10-11;1-3-6-4-5-7-2/h2-10,21,23H,1H3,(H,19,20);6H,3-5H2,1-2H3. The molecule has 0 aliphatic heterocycles. The molecule has 3 heterocycles. The molecule has 8 heteroatoms. The molecule has 0 atom stereocenters. The fraction of sp³-hybridized carbons (Fsp3) is 0.261. The number of nitrogens with zero attached hydrogens (tertiary/aromatic N) is 1. The van der Waals surface area contributed by atoms with Gasteiger partial charge in [-0.25, -0.2) is 4.98 Å². The lowest BCUT2D eigenvalue weighted by molar-refractivity contribution is 0.200. The molecule has 0 fully saturated rings. The summed E-state index contributed by atoms with van der Waals surface area (Å²) in [7, 11) is 3.36. The first-order chi connectivity index (χ1) is 15.2. The van der Waals surface area contributed by atoms with E-state index >= 15 is 0 Å². The molecule has 0 bridgehead atoms. The van der Waals surface area contributed by atoms with Crippen LogP contribution in [0, 0.1) is 0 Å². The number of H-pyrrole nitrogens is 1. The van der Waals surface area contributed by atoms with Gasteiger partial charge in [0.15, 0.2) is 0 Å². The summed E-state index contributed by atoms with van der Waals surface area (Å²) < 4.78 is 10.2. The average Bonchev–Trinajstić information content (AvgIpc) is 3.45. The molecule has 6 nitrogen and oxygen atoms in total. The number of benzene rings is 1. The van der Waals surface area contributed by atoms with Crippen LogP contribution in [-0.2, 0) is 4.74 Å². The van der Waals surface area contributed by atoms with Gasteiger partial charge in [-0.05, 0) is 58.8 Å². The largest absolute Gasteiger partial charge is 0.495 e. The Kier molecular flexibility index (Phi) is 8.78. The molecule has 0 aliphatic carbocycles. The number of nitrogens with one attached hydrogen (secondary N) is 3. The second-order valence-electron chi connectivity index (χ2n) is 6.65. The van der Waals surface area contributed by atoms with E-state index in [1.165, 1.54) is 5.56 Å². The average molecular weight is 457 g/mol. The Labute approximate surface area is 192 Å². The highest BCUT2D eigenvalue weighted by Gasteiger charge is 2.13. The molecule has 0 aliphatic rings. The highest BCUT2D eigenvalue weighted by atomic mass is 32.1. The van der Waals surface area contributed by atoms with Crippen molar-refractivity contribution in [3.8, 4) is 16.9 Å². The molecule has 3 aromatic heterocycles. The summed E-state index contributed by atoms with van der Waals surface area (Å²) in [5.41, 5.74) is 5.00. The summed E-state index contributed by atoms with van der Waals surface area (Å²) in [6, 6.07) is 9.90. The number of anilines is 2. The number of fused-ring (bicyclic) bond motifs is 1. The van der Waals surface area contributed by atoms with E-state index in [4.69, 9.17) is 9.47 Å². The van der Waals surface area contributed by atoms with Gasteiger partial charge in [0, 0.05) is 30.9 Å². The number of likely N-dealkylation sites (N-methyl/N-ethyl adjacent to an activating group) is 1. The Morgan fingerprint density at radius 1 is 1.16 bits per heavy atom. The summed E-state index contributed by atoms with van der Waals surface area (Å²) >= 11 is 6.10. The molecule has 3 N–H and O–H groups in total. The van der Waals surface area contributed by atoms with E-state index in [0.717, 1.165) is 58.3 Å². The van der Waals surface area contributed by atoms with Crippen molar-refractivity contribution in [2.45, 2.75) is 11.8 Å². The van der Waals surface area contributed by atoms with Crippen LogP contribution in [0.2, 0.25) is 0 Å². The van der Waals surface area contributed by atoms with Gasteiger partial charge < -0.3 is 25.1 Å². The van der Waals surface area contributed by atoms with Crippen molar-refractivity contribution in [3.05, 3.63) is 53.5 Å². The number of aromatic amines is 1. The minimum atomic E-state index is 0.767. The third kappa shape index (κ3) is 6.01. The van der Waals surface area contributed by atoms with Crippen LogP contribution in [0.1, 0.15) is 6.92 Å². The molecule has 0 spiro atoms. The molecule has 0 amide bonds. The van der Waals surface area contributed by atoms with Gasteiger partial charge in [-0.3, -0.25) is 0 Å². The van der Waals surface area contributed by atoms with E-state index in [2.05, 4.69) is 57.0 Å². The molecule has 0 saturated carbocycles. The maximum absolute atomic E-state index is 5.44. The van der Waals surface area contributed by atoms with Crippen molar-refractivity contribution >= 4 is 46.4 Å². The molecule has 0 unspecified atom stereocenters. The van der Waals surface area contributed by atoms with Crippen LogP contribution in [0.25, 0.3) is 22.2 Å². The van der Waals surface area contributed by atoms with E-state index in [9.17, 15) is 0 Å². The van der Waals surface area contributed by atoms with Gasteiger partial charge >= 0.3 is 0 Å². The Morgan fingerprint density at radius 2 is 2.03 bits per heavy atom. The third-order valence-electron chi connectivity index (χ3n) is 4.59. The van der Waals surface area contributed by atoms with Gasteiger partial charge in [0.25, 0.3) is 0 Å². The maximum atomic E-state index is 5.44. The minimum Gasteiger partial charge on any atom is -0.495 e. The molecule has 1 aromatic carbocycles. The quantitative estimate of drug-likeness (QED) is 0.206. The topological polar surface area (TPSA) is 71.2 Å².